The second kappa shape index (κ2) is 4.11. The van der Waals surface area contributed by atoms with E-state index in [-0.39, 0.29) is 10.0 Å². The Bertz CT molecular complexity index is 499. The summed E-state index contributed by atoms with van der Waals surface area (Å²) < 4.78 is 25.8. The summed E-state index contributed by atoms with van der Waals surface area (Å²) in [4.78, 5) is 14.4. The van der Waals surface area contributed by atoms with Crippen LogP contribution in [0.15, 0.2) is 9.72 Å². The number of rotatable bonds is 3. The van der Waals surface area contributed by atoms with E-state index in [2.05, 4.69) is 9.71 Å². The van der Waals surface area contributed by atoms with Crippen molar-refractivity contribution >= 4 is 27.3 Å². The third kappa shape index (κ3) is 3.26. The van der Waals surface area contributed by atoms with Crippen molar-refractivity contribution in [2.24, 2.45) is 5.73 Å². The van der Waals surface area contributed by atoms with Gasteiger partial charge in [0.15, 0.2) is 0 Å². The zero-order chi connectivity index (χ0) is 12.6. The minimum Gasteiger partial charge on any atom is -0.364 e. The molecular formula is C8H13N3O3S2. The highest BCUT2D eigenvalue weighted by Crippen LogP contribution is 2.17. The van der Waals surface area contributed by atoms with Crippen molar-refractivity contribution in [3.8, 4) is 0 Å². The van der Waals surface area contributed by atoms with Crippen LogP contribution in [0.1, 0.15) is 31.3 Å². The minimum absolute atomic E-state index is 0.0423. The van der Waals surface area contributed by atoms with Crippen molar-refractivity contribution in [1.82, 2.24) is 9.71 Å². The number of amides is 1. The third-order valence-electron chi connectivity index (χ3n) is 1.41. The van der Waals surface area contributed by atoms with Gasteiger partial charge in [-0.2, -0.15) is 0 Å². The van der Waals surface area contributed by atoms with Crippen LogP contribution in [-0.2, 0) is 10.0 Å². The Morgan fingerprint density at radius 3 is 2.44 bits per heavy atom. The number of carbonyl (C=O) groups is 1. The summed E-state index contributed by atoms with van der Waals surface area (Å²) in [5.74, 6) is -0.742. The van der Waals surface area contributed by atoms with Crippen LogP contribution in [0.5, 0.6) is 0 Å². The van der Waals surface area contributed by atoms with Gasteiger partial charge in [-0.15, -0.1) is 11.3 Å². The van der Waals surface area contributed by atoms with Crippen molar-refractivity contribution in [2.75, 3.05) is 0 Å². The van der Waals surface area contributed by atoms with Crippen molar-refractivity contribution in [1.29, 1.82) is 0 Å². The van der Waals surface area contributed by atoms with Crippen LogP contribution in [0.2, 0.25) is 0 Å². The van der Waals surface area contributed by atoms with Gasteiger partial charge in [0, 0.05) is 10.9 Å². The Kier molecular flexibility index (Phi) is 3.36. The van der Waals surface area contributed by atoms with Gasteiger partial charge in [0.05, 0.1) is 0 Å². The van der Waals surface area contributed by atoms with Gasteiger partial charge in [-0.3, -0.25) is 4.79 Å². The lowest BCUT2D eigenvalue weighted by Gasteiger charge is -2.18. The molecule has 1 rings (SSSR count). The molecule has 0 aliphatic carbocycles. The molecule has 0 saturated carbocycles. The van der Waals surface area contributed by atoms with E-state index in [1.165, 1.54) is 5.38 Å². The van der Waals surface area contributed by atoms with Crippen molar-refractivity contribution in [3.63, 3.8) is 0 Å². The molecule has 0 aliphatic rings. The van der Waals surface area contributed by atoms with Gasteiger partial charge < -0.3 is 5.73 Å². The lowest BCUT2D eigenvalue weighted by atomic mass is 10.1. The Morgan fingerprint density at radius 2 is 2.06 bits per heavy atom. The predicted octanol–water partition coefficient (Wildman–Crippen LogP) is 0.319. The molecule has 0 spiro atoms. The Balaban J connectivity index is 3.04. The average Bonchev–Trinajstić information content (AvgIpc) is 2.46. The summed E-state index contributed by atoms with van der Waals surface area (Å²) >= 11 is 0.863. The molecule has 0 fully saturated rings. The molecule has 1 heterocycles. The first-order chi connectivity index (χ1) is 7.12. The third-order valence-corrected chi connectivity index (χ3v) is 4.42. The van der Waals surface area contributed by atoms with Crippen LogP contribution in [0.3, 0.4) is 0 Å². The topological polar surface area (TPSA) is 102 Å². The van der Waals surface area contributed by atoms with Gasteiger partial charge in [0.1, 0.15) is 5.69 Å². The number of thiazole rings is 1. The maximum Gasteiger partial charge on any atom is 0.268 e. The van der Waals surface area contributed by atoms with Crippen LogP contribution in [-0.4, -0.2) is 24.8 Å². The monoisotopic (exact) mass is 263 g/mol. The number of hydrogen-bond acceptors (Lipinski definition) is 5. The lowest BCUT2D eigenvalue weighted by molar-refractivity contribution is 0.0996. The highest BCUT2D eigenvalue weighted by molar-refractivity contribution is 7.91. The summed E-state index contributed by atoms with van der Waals surface area (Å²) in [6.07, 6.45) is 0. The zero-order valence-electron chi connectivity index (χ0n) is 9.14. The highest BCUT2D eigenvalue weighted by Gasteiger charge is 2.25. The normalized spacial score (nSPS) is 12.7. The van der Waals surface area contributed by atoms with E-state index in [1.807, 2.05) is 0 Å². The van der Waals surface area contributed by atoms with E-state index in [4.69, 9.17) is 5.73 Å². The fourth-order valence-electron chi connectivity index (χ4n) is 0.941. The van der Waals surface area contributed by atoms with Gasteiger partial charge >= 0.3 is 0 Å². The first-order valence-corrected chi connectivity index (χ1v) is 6.77. The van der Waals surface area contributed by atoms with Crippen molar-refractivity contribution in [3.05, 3.63) is 11.1 Å². The molecule has 0 bridgehead atoms. The molecule has 0 radical (unpaired) electrons. The summed E-state index contributed by atoms with van der Waals surface area (Å²) in [5.41, 5.74) is 4.35. The first-order valence-electron chi connectivity index (χ1n) is 4.41. The molecule has 0 aromatic carbocycles. The molecule has 1 aromatic heterocycles. The van der Waals surface area contributed by atoms with Crippen LogP contribution in [0, 0.1) is 0 Å². The van der Waals surface area contributed by atoms with E-state index in [0.717, 1.165) is 11.3 Å². The van der Waals surface area contributed by atoms with Crippen molar-refractivity contribution in [2.45, 2.75) is 30.6 Å². The lowest BCUT2D eigenvalue weighted by Crippen LogP contribution is -2.40. The minimum atomic E-state index is -3.68. The molecule has 0 aliphatic heterocycles. The number of nitrogens with zero attached hydrogens (tertiary/aromatic N) is 1. The van der Waals surface area contributed by atoms with Crippen LogP contribution < -0.4 is 10.5 Å². The SMILES string of the molecule is CC(C)(C)NS(=O)(=O)c1nc(C(N)=O)cs1. The van der Waals surface area contributed by atoms with Gasteiger partial charge in [0.2, 0.25) is 4.34 Å². The summed E-state index contributed by atoms with van der Waals surface area (Å²) in [7, 11) is -3.68. The summed E-state index contributed by atoms with van der Waals surface area (Å²) in [5, 5.41) is 1.32. The summed E-state index contributed by atoms with van der Waals surface area (Å²) in [6.45, 7) is 5.15. The van der Waals surface area contributed by atoms with Gasteiger partial charge in [-0.25, -0.2) is 18.1 Å². The Hall–Kier alpha value is -0.990. The number of sulfonamides is 1. The molecule has 16 heavy (non-hydrogen) atoms. The van der Waals surface area contributed by atoms with E-state index in [1.54, 1.807) is 20.8 Å². The van der Waals surface area contributed by atoms with Crippen LogP contribution in [0.25, 0.3) is 0 Å². The average molecular weight is 263 g/mol. The fourth-order valence-corrected chi connectivity index (χ4v) is 3.36. The quantitative estimate of drug-likeness (QED) is 0.819. The molecule has 90 valence electrons. The molecule has 0 atom stereocenters. The smallest absolute Gasteiger partial charge is 0.268 e. The number of carbonyl (C=O) groups excluding carboxylic acids is 1. The second-order valence-corrected chi connectivity index (χ2v) is 6.93. The first kappa shape index (κ1) is 13.1. The van der Waals surface area contributed by atoms with Gasteiger partial charge in [-0.1, -0.05) is 0 Å². The molecular weight excluding hydrogens is 250 g/mol. The molecule has 8 heteroatoms. The van der Waals surface area contributed by atoms with E-state index in [9.17, 15) is 13.2 Å². The number of primary amides is 1. The standard InChI is InChI=1S/C8H13N3O3S2/c1-8(2,3)11-16(13,14)7-10-5(4-15-7)6(9)12/h4,11H,1-3H3,(H2,9,12). The Labute approximate surface area is 97.9 Å². The van der Waals surface area contributed by atoms with E-state index < -0.39 is 21.5 Å². The summed E-state index contributed by atoms with van der Waals surface area (Å²) in [6, 6.07) is 0. The van der Waals surface area contributed by atoms with Crippen LogP contribution in [0.4, 0.5) is 0 Å². The van der Waals surface area contributed by atoms with Crippen molar-refractivity contribution < 1.29 is 13.2 Å². The number of aromatic nitrogens is 1. The van der Waals surface area contributed by atoms with E-state index in [0.29, 0.717) is 0 Å². The Morgan fingerprint density at radius 1 is 1.50 bits per heavy atom. The molecule has 6 nitrogen and oxygen atoms in total. The molecule has 0 unspecified atom stereocenters. The number of hydrogen-bond donors (Lipinski definition) is 2. The molecule has 1 aromatic rings. The molecule has 1 amide bonds. The predicted molar refractivity (Wildman–Crippen MR) is 60.7 cm³/mol. The maximum absolute atomic E-state index is 11.8. The van der Waals surface area contributed by atoms with Crippen LogP contribution >= 0.6 is 11.3 Å². The second-order valence-electron chi connectivity index (χ2n) is 4.22. The molecule has 0 saturated heterocycles. The largest absolute Gasteiger partial charge is 0.364 e. The number of nitrogens with two attached hydrogens (primary N) is 1. The zero-order valence-corrected chi connectivity index (χ0v) is 10.8. The van der Waals surface area contributed by atoms with Gasteiger partial charge in [0.25, 0.3) is 15.9 Å². The maximum atomic E-state index is 11.8. The highest BCUT2D eigenvalue weighted by atomic mass is 32.2. The fraction of sp³-hybridized carbons (Fsp3) is 0.500. The van der Waals surface area contributed by atoms with Gasteiger partial charge in [-0.05, 0) is 20.8 Å². The van der Waals surface area contributed by atoms with E-state index >= 15 is 0 Å². The molecule has 3 N–H and O–H groups in total. The number of nitrogens with one attached hydrogen (secondary N) is 1.